The van der Waals surface area contributed by atoms with Gasteiger partial charge in [0, 0.05) is 48.2 Å². The molecule has 3 aromatic heterocycles. The van der Waals surface area contributed by atoms with Crippen molar-refractivity contribution in [3.05, 3.63) is 67.3 Å². The quantitative estimate of drug-likeness (QED) is 0.487. The number of nitrogens with zero attached hydrogens (tertiary/aromatic N) is 4. The van der Waals surface area contributed by atoms with Gasteiger partial charge < -0.3 is 14.8 Å². The fourth-order valence-electron chi connectivity index (χ4n) is 3.46. The maximum Gasteiger partial charge on any atom is 0.227 e. The summed E-state index contributed by atoms with van der Waals surface area (Å²) in [5, 5.41) is 10.0. The summed E-state index contributed by atoms with van der Waals surface area (Å²) in [7, 11) is 0. The van der Waals surface area contributed by atoms with E-state index in [0.717, 1.165) is 60.0 Å². The number of hydrogen-bond acceptors (Lipinski definition) is 7. The van der Waals surface area contributed by atoms with Gasteiger partial charge in [0.15, 0.2) is 0 Å². The van der Waals surface area contributed by atoms with Gasteiger partial charge in [-0.3, -0.25) is 10.1 Å². The van der Waals surface area contributed by atoms with Crippen LogP contribution < -0.4 is 10.1 Å². The maximum absolute atomic E-state index is 6.05. The van der Waals surface area contributed by atoms with Crippen molar-refractivity contribution in [2.24, 2.45) is 0 Å². The van der Waals surface area contributed by atoms with Gasteiger partial charge in [0.2, 0.25) is 5.95 Å². The largest absolute Gasteiger partial charge is 0.490 e. The van der Waals surface area contributed by atoms with Gasteiger partial charge in [-0.25, -0.2) is 9.97 Å². The third kappa shape index (κ3) is 4.70. The second kappa shape index (κ2) is 8.93. The molecule has 31 heavy (non-hydrogen) atoms. The van der Waals surface area contributed by atoms with Gasteiger partial charge in [0.25, 0.3) is 0 Å². The standard InChI is InChI=1S/C23H22N6O2/c1-3-19(31-20-7-11-30-12-8-20)4-2-16(1)21-6-10-25-23(29-21)28-18-5-9-24-22(13-18)17-14-26-27-15-17/h1-6,9-10,13-15,20H,7-8,11-12H2,(H,26,27)(H,24,25,28,29). The van der Waals surface area contributed by atoms with Gasteiger partial charge in [0.1, 0.15) is 11.9 Å². The Hall–Kier alpha value is -3.78. The molecule has 0 saturated carbocycles. The Kier molecular flexibility index (Phi) is 5.53. The van der Waals surface area contributed by atoms with Crippen molar-refractivity contribution in [3.8, 4) is 28.3 Å². The maximum atomic E-state index is 6.05. The molecule has 8 heteroatoms. The second-order valence-electron chi connectivity index (χ2n) is 7.26. The average Bonchev–Trinajstić information content (AvgIpc) is 3.36. The Morgan fingerprint density at radius 2 is 1.77 bits per heavy atom. The summed E-state index contributed by atoms with van der Waals surface area (Å²) in [6, 6.07) is 13.7. The summed E-state index contributed by atoms with van der Waals surface area (Å²) in [5.41, 5.74) is 4.41. The van der Waals surface area contributed by atoms with Crippen molar-refractivity contribution in [2.75, 3.05) is 18.5 Å². The second-order valence-corrected chi connectivity index (χ2v) is 7.26. The molecule has 0 bridgehead atoms. The molecule has 4 heterocycles. The van der Waals surface area contributed by atoms with Crippen LogP contribution in [0.4, 0.5) is 11.6 Å². The summed E-state index contributed by atoms with van der Waals surface area (Å²) >= 11 is 0. The van der Waals surface area contributed by atoms with E-state index in [4.69, 9.17) is 9.47 Å². The lowest BCUT2D eigenvalue weighted by Gasteiger charge is -2.23. The molecule has 0 radical (unpaired) electrons. The van der Waals surface area contributed by atoms with Crippen LogP contribution in [0.15, 0.2) is 67.3 Å². The van der Waals surface area contributed by atoms with Gasteiger partial charge in [-0.15, -0.1) is 0 Å². The molecule has 0 atom stereocenters. The van der Waals surface area contributed by atoms with Crippen LogP contribution in [0.2, 0.25) is 0 Å². The van der Waals surface area contributed by atoms with Crippen LogP contribution in [0.5, 0.6) is 5.75 Å². The average molecular weight is 414 g/mol. The number of hydrogen-bond donors (Lipinski definition) is 2. The molecule has 1 aliphatic heterocycles. The number of ether oxygens (including phenoxy) is 2. The lowest BCUT2D eigenvalue weighted by molar-refractivity contribution is 0.0256. The summed E-state index contributed by atoms with van der Waals surface area (Å²) in [4.78, 5) is 13.4. The van der Waals surface area contributed by atoms with Crippen LogP contribution in [0.25, 0.3) is 22.5 Å². The number of aromatic amines is 1. The van der Waals surface area contributed by atoms with Gasteiger partial charge >= 0.3 is 0 Å². The first kappa shape index (κ1) is 19.2. The predicted octanol–water partition coefficient (Wildman–Crippen LogP) is 4.23. The van der Waals surface area contributed by atoms with Crippen molar-refractivity contribution < 1.29 is 9.47 Å². The van der Waals surface area contributed by atoms with E-state index >= 15 is 0 Å². The van der Waals surface area contributed by atoms with E-state index in [0.29, 0.717) is 5.95 Å². The zero-order valence-corrected chi connectivity index (χ0v) is 16.9. The van der Waals surface area contributed by atoms with Crippen LogP contribution in [0, 0.1) is 0 Å². The van der Waals surface area contributed by atoms with Crippen LogP contribution in [0.1, 0.15) is 12.8 Å². The molecule has 156 valence electrons. The molecule has 4 aromatic rings. The third-order valence-electron chi connectivity index (χ3n) is 5.09. The molecule has 1 fully saturated rings. The first-order valence-electron chi connectivity index (χ1n) is 10.2. The van der Waals surface area contributed by atoms with E-state index in [-0.39, 0.29) is 6.10 Å². The lowest BCUT2D eigenvalue weighted by Crippen LogP contribution is -2.25. The Balaban J connectivity index is 1.29. The van der Waals surface area contributed by atoms with E-state index in [1.807, 2.05) is 42.5 Å². The predicted molar refractivity (Wildman–Crippen MR) is 117 cm³/mol. The molecular formula is C23H22N6O2. The zero-order chi connectivity index (χ0) is 20.9. The van der Waals surface area contributed by atoms with Crippen molar-refractivity contribution in [1.82, 2.24) is 25.1 Å². The number of aromatic nitrogens is 5. The number of pyridine rings is 1. The lowest BCUT2D eigenvalue weighted by atomic mass is 10.1. The fraction of sp³-hybridized carbons (Fsp3) is 0.217. The molecule has 0 spiro atoms. The molecule has 0 unspecified atom stereocenters. The van der Waals surface area contributed by atoms with Gasteiger partial charge in [-0.05, 0) is 42.5 Å². The molecule has 2 N–H and O–H groups in total. The first-order chi connectivity index (χ1) is 15.3. The minimum Gasteiger partial charge on any atom is -0.490 e. The zero-order valence-electron chi connectivity index (χ0n) is 16.9. The summed E-state index contributed by atoms with van der Waals surface area (Å²) in [5.74, 6) is 1.39. The van der Waals surface area contributed by atoms with Crippen molar-refractivity contribution in [2.45, 2.75) is 18.9 Å². The topological polar surface area (TPSA) is 97.8 Å². The smallest absolute Gasteiger partial charge is 0.227 e. The molecule has 8 nitrogen and oxygen atoms in total. The highest BCUT2D eigenvalue weighted by Crippen LogP contribution is 2.25. The van der Waals surface area contributed by atoms with Crippen molar-refractivity contribution >= 4 is 11.6 Å². The van der Waals surface area contributed by atoms with Gasteiger partial charge in [0.05, 0.1) is 30.8 Å². The number of rotatable bonds is 6. The number of H-pyrrole nitrogens is 1. The minimum atomic E-state index is 0.224. The van der Waals surface area contributed by atoms with Crippen molar-refractivity contribution in [3.63, 3.8) is 0 Å². The summed E-state index contributed by atoms with van der Waals surface area (Å²) < 4.78 is 11.4. The highest BCUT2D eigenvalue weighted by molar-refractivity contribution is 5.66. The summed E-state index contributed by atoms with van der Waals surface area (Å²) in [6.07, 6.45) is 9.11. The summed E-state index contributed by atoms with van der Waals surface area (Å²) in [6.45, 7) is 1.53. The first-order valence-corrected chi connectivity index (χ1v) is 10.2. The van der Waals surface area contributed by atoms with Gasteiger partial charge in [-0.1, -0.05) is 0 Å². The van der Waals surface area contributed by atoms with E-state index in [1.165, 1.54) is 0 Å². The third-order valence-corrected chi connectivity index (χ3v) is 5.09. The monoisotopic (exact) mass is 414 g/mol. The number of nitrogens with one attached hydrogen (secondary N) is 2. The highest BCUT2D eigenvalue weighted by Gasteiger charge is 2.15. The Morgan fingerprint density at radius 1 is 0.935 bits per heavy atom. The van der Waals surface area contributed by atoms with E-state index in [2.05, 4.69) is 30.5 Å². The molecule has 0 aliphatic carbocycles. The van der Waals surface area contributed by atoms with E-state index in [1.54, 1.807) is 24.8 Å². The highest BCUT2D eigenvalue weighted by atomic mass is 16.5. The van der Waals surface area contributed by atoms with E-state index < -0.39 is 0 Å². The molecule has 0 amide bonds. The SMILES string of the molecule is c1cc(Nc2nccc(-c3ccc(OC4CCOCC4)cc3)n2)cc(-c2cn[nH]c2)n1. The Bertz CT molecular complexity index is 1130. The molecule has 1 aliphatic rings. The Morgan fingerprint density at radius 3 is 2.58 bits per heavy atom. The van der Waals surface area contributed by atoms with Gasteiger partial charge in [-0.2, -0.15) is 5.10 Å². The van der Waals surface area contributed by atoms with Crippen LogP contribution >= 0.6 is 0 Å². The van der Waals surface area contributed by atoms with Crippen LogP contribution in [0.3, 0.4) is 0 Å². The van der Waals surface area contributed by atoms with Crippen LogP contribution in [-0.4, -0.2) is 44.5 Å². The molecule has 1 saturated heterocycles. The Labute approximate surface area is 179 Å². The minimum absolute atomic E-state index is 0.224. The van der Waals surface area contributed by atoms with E-state index in [9.17, 15) is 0 Å². The molecule has 1 aromatic carbocycles. The number of benzene rings is 1. The van der Waals surface area contributed by atoms with Crippen LogP contribution in [-0.2, 0) is 4.74 Å². The normalized spacial score (nSPS) is 14.3. The molecular weight excluding hydrogens is 392 g/mol. The van der Waals surface area contributed by atoms with Crippen molar-refractivity contribution in [1.29, 1.82) is 0 Å². The number of anilines is 2. The fourth-order valence-corrected chi connectivity index (χ4v) is 3.46. The molecule has 5 rings (SSSR count).